The fourth-order valence-corrected chi connectivity index (χ4v) is 3.75. The molecule has 0 aliphatic carbocycles. The highest BCUT2D eigenvalue weighted by atomic mass is 32.2. The molecule has 0 fully saturated rings. The third-order valence-corrected chi connectivity index (χ3v) is 5.30. The number of amides is 1. The van der Waals surface area contributed by atoms with Gasteiger partial charge in [-0.3, -0.25) is 4.79 Å². The van der Waals surface area contributed by atoms with E-state index in [4.69, 9.17) is 5.26 Å². The number of aryl methyl sites for hydroxylation is 1. The van der Waals surface area contributed by atoms with Crippen LogP contribution in [0, 0.1) is 24.2 Å². The number of sulfonamides is 1. The van der Waals surface area contributed by atoms with Gasteiger partial charge in [0.15, 0.2) is 5.13 Å². The van der Waals surface area contributed by atoms with Gasteiger partial charge in [0, 0.05) is 17.1 Å². The zero-order valence-electron chi connectivity index (χ0n) is 15.7. The Labute approximate surface area is 163 Å². The fourth-order valence-electron chi connectivity index (χ4n) is 2.36. The average Bonchev–Trinajstić information content (AvgIpc) is 2.95. The first kappa shape index (κ1) is 20.9. The number of carbonyl (C=O) groups is 1. The smallest absolute Gasteiger partial charge is 0.284 e. The lowest BCUT2D eigenvalue weighted by Crippen LogP contribution is -2.30. The van der Waals surface area contributed by atoms with Gasteiger partial charge in [-0.1, -0.05) is 13.8 Å². The topological polar surface area (TPSA) is 103 Å². The summed E-state index contributed by atoms with van der Waals surface area (Å²) < 4.78 is 24.6. The van der Waals surface area contributed by atoms with Crippen molar-refractivity contribution in [1.29, 1.82) is 5.26 Å². The van der Waals surface area contributed by atoms with E-state index in [1.165, 1.54) is 11.3 Å². The molecule has 0 saturated carbocycles. The van der Waals surface area contributed by atoms with E-state index in [9.17, 15) is 13.2 Å². The van der Waals surface area contributed by atoms with Crippen molar-refractivity contribution in [3.63, 3.8) is 0 Å². The van der Waals surface area contributed by atoms with Gasteiger partial charge in [0.25, 0.3) is 5.91 Å². The lowest BCUT2D eigenvalue weighted by atomic mass is 10.1. The van der Waals surface area contributed by atoms with Crippen LogP contribution in [0.1, 0.15) is 41.2 Å². The largest absolute Gasteiger partial charge is 0.318 e. The minimum absolute atomic E-state index is 0.101. The summed E-state index contributed by atoms with van der Waals surface area (Å²) in [5.41, 5.74) is 1.52. The maximum atomic E-state index is 12.2. The summed E-state index contributed by atoms with van der Waals surface area (Å²) in [6.07, 6.45) is 1.84. The fraction of sp³-hybridized carbons (Fsp3) is 0.389. The standard InChI is InChI=1S/C18H22N4O3S2/c1-12(2)9-10-22(15-7-5-14(11-19)6-8-15)18-20-16(13(3)26-18)17(23)21-27(4,24)25/h5-8,12H,9-10H2,1-4H3,(H,21,23). The Hall–Kier alpha value is -2.44. The molecule has 144 valence electrons. The lowest BCUT2D eigenvalue weighted by Gasteiger charge is -2.23. The Morgan fingerprint density at radius 3 is 2.48 bits per heavy atom. The number of thiazole rings is 1. The van der Waals surface area contributed by atoms with Crippen LogP contribution in [0.5, 0.6) is 0 Å². The van der Waals surface area contributed by atoms with Gasteiger partial charge < -0.3 is 4.90 Å². The Bertz CT molecular complexity index is 957. The third-order valence-electron chi connectivity index (χ3n) is 3.75. The number of nitriles is 1. The second-order valence-electron chi connectivity index (χ2n) is 6.60. The first-order chi connectivity index (χ1) is 12.6. The third kappa shape index (κ3) is 5.77. The minimum atomic E-state index is -3.66. The quantitative estimate of drug-likeness (QED) is 0.757. The maximum Gasteiger partial charge on any atom is 0.284 e. The molecule has 1 aromatic carbocycles. The number of nitrogens with zero attached hydrogens (tertiary/aromatic N) is 3. The summed E-state index contributed by atoms with van der Waals surface area (Å²) in [6, 6.07) is 9.23. The van der Waals surface area contributed by atoms with Crippen LogP contribution in [-0.2, 0) is 10.0 Å². The van der Waals surface area contributed by atoms with Crippen molar-refractivity contribution in [2.24, 2.45) is 5.92 Å². The van der Waals surface area contributed by atoms with Gasteiger partial charge in [-0.05, 0) is 43.5 Å². The number of carbonyl (C=O) groups excluding carboxylic acids is 1. The molecule has 1 N–H and O–H groups in total. The molecule has 0 bridgehead atoms. The normalized spacial score (nSPS) is 11.3. The van der Waals surface area contributed by atoms with E-state index in [-0.39, 0.29) is 5.69 Å². The molecule has 1 amide bonds. The molecule has 7 nitrogen and oxygen atoms in total. The highest BCUT2D eigenvalue weighted by molar-refractivity contribution is 7.89. The van der Waals surface area contributed by atoms with Gasteiger partial charge in [-0.2, -0.15) is 5.26 Å². The summed E-state index contributed by atoms with van der Waals surface area (Å²) in [7, 11) is -3.66. The summed E-state index contributed by atoms with van der Waals surface area (Å²) in [4.78, 5) is 19.2. The van der Waals surface area contributed by atoms with Gasteiger partial charge >= 0.3 is 0 Å². The lowest BCUT2D eigenvalue weighted by molar-refractivity contribution is 0.0977. The molecule has 2 aromatic rings. The Morgan fingerprint density at radius 2 is 1.96 bits per heavy atom. The summed E-state index contributed by atoms with van der Waals surface area (Å²) >= 11 is 1.33. The number of nitrogens with one attached hydrogen (secondary N) is 1. The first-order valence-corrected chi connectivity index (χ1v) is 11.1. The van der Waals surface area contributed by atoms with Gasteiger partial charge in [0.2, 0.25) is 10.0 Å². The Balaban J connectivity index is 2.39. The molecule has 0 aliphatic heterocycles. The molecular formula is C18H22N4O3S2. The molecule has 0 spiro atoms. The van der Waals surface area contributed by atoms with Gasteiger partial charge in [-0.15, -0.1) is 11.3 Å². The second-order valence-corrected chi connectivity index (χ2v) is 9.53. The Morgan fingerprint density at radius 1 is 1.33 bits per heavy atom. The molecule has 0 radical (unpaired) electrons. The molecule has 9 heteroatoms. The van der Waals surface area contributed by atoms with Crippen LogP contribution in [0.2, 0.25) is 0 Å². The van der Waals surface area contributed by atoms with Crippen molar-refractivity contribution in [3.05, 3.63) is 40.4 Å². The number of anilines is 2. The van der Waals surface area contributed by atoms with Crippen LogP contribution in [0.15, 0.2) is 24.3 Å². The van der Waals surface area contributed by atoms with Crippen molar-refractivity contribution in [3.8, 4) is 6.07 Å². The number of hydrogen-bond acceptors (Lipinski definition) is 7. The zero-order chi connectivity index (χ0) is 20.2. The number of aromatic nitrogens is 1. The van der Waals surface area contributed by atoms with Gasteiger partial charge in [0.1, 0.15) is 5.69 Å². The number of rotatable bonds is 7. The van der Waals surface area contributed by atoms with Crippen molar-refractivity contribution in [2.75, 3.05) is 17.7 Å². The molecule has 0 saturated heterocycles. The van der Waals surface area contributed by atoms with E-state index >= 15 is 0 Å². The van der Waals surface area contributed by atoms with Crippen molar-refractivity contribution < 1.29 is 13.2 Å². The summed E-state index contributed by atoms with van der Waals surface area (Å²) in [5, 5.41) is 9.59. The van der Waals surface area contributed by atoms with Crippen molar-refractivity contribution in [2.45, 2.75) is 27.2 Å². The van der Waals surface area contributed by atoms with Crippen LogP contribution in [0.25, 0.3) is 0 Å². The number of hydrogen-bond donors (Lipinski definition) is 1. The number of benzene rings is 1. The van der Waals surface area contributed by atoms with Crippen molar-refractivity contribution >= 4 is 38.1 Å². The van der Waals surface area contributed by atoms with Gasteiger partial charge in [0.05, 0.1) is 17.9 Å². The first-order valence-electron chi connectivity index (χ1n) is 8.38. The minimum Gasteiger partial charge on any atom is -0.318 e. The summed E-state index contributed by atoms with van der Waals surface area (Å²) in [6.45, 7) is 6.66. The van der Waals surface area contributed by atoms with Crippen LogP contribution < -0.4 is 9.62 Å². The SMILES string of the molecule is Cc1sc(N(CCC(C)C)c2ccc(C#N)cc2)nc1C(=O)NS(C)(=O)=O. The van der Waals surface area contributed by atoms with E-state index in [1.54, 1.807) is 19.1 Å². The van der Waals surface area contributed by atoms with Crippen LogP contribution in [0.3, 0.4) is 0 Å². The molecular weight excluding hydrogens is 384 g/mol. The molecule has 0 unspecified atom stereocenters. The van der Waals surface area contributed by atoms with Crippen molar-refractivity contribution in [1.82, 2.24) is 9.71 Å². The zero-order valence-corrected chi connectivity index (χ0v) is 17.3. The molecule has 1 heterocycles. The molecule has 27 heavy (non-hydrogen) atoms. The summed E-state index contributed by atoms with van der Waals surface area (Å²) in [5.74, 6) is -0.263. The molecule has 2 rings (SSSR count). The van der Waals surface area contributed by atoms with Crippen LogP contribution in [-0.4, -0.2) is 32.1 Å². The van der Waals surface area contributed by atoms with Crippen LogP contribution >= 0.6 is 11.3 Å². The van der Waals surface area contributed by atoms with E-state index in [0.717, 1.165) is 18.4 Å². The van der Waals surface area contributed by atoms with Gasteiger partial charge in [-0.25, -0.2) is 18.1 Å². The highest BCUT2D eigenvalue weighted by Crippen LogP contribution is 2.32. The Kier molecular flexibility index (Phi) is 6.57. The maximum absolute atomic E-state index is 12.2. The second kappa shape index (κ2) is 8.50. The van der Waals surface area contributed by atoms with E-state index in [0.29, 0.717) is 28.0 Å². The van der Waals surface area contributed by atoms with E-state index in [1.807, 2.05) is 21.8 Å². The molecule has 0 atom stereocenters. The monoisotopic (exact) mass is 406 g/mol. The van der Waals surface area contributed by atoms with Crippen LogP contribution in [0.4, 0.5) is 10.8 Å². The molecule has 0 aliphatic rings. The van der Waals surface area contributed by atoms with E-state index < -0.39 is 15.9 Å². The predicted molar refractivity (Wildman–Crippen MR) is 107 cm³/mol. The molecule has 1 aromatic heterocycles. The highest BCUT2D eigenvalue weighted by Gasteiger charge is 2.22. The average molecular weight is 407 g/mol. The van der Waals surface area contributed by atoms with E-state index in [2.05, 4.69) is 24.9 Å². The predicted octanol–water partition coefficient (Wildman–Crippen LogP) is 3.20.